The molecule has 5 rings (SSSR count). The molecule has 2 aliphatic rings. The van der Waals surface area contributed by atoms with Gasteiger partial charge in [0.2, 0.25) is 0 Å². The number of hydrogen-bond donors (Lipinski definition) is 0. The summed E-state index contributed by atoms with van der Waals surface area (Å²) in [5, 5.41) is 4.85. The Balaban J connectivity index is 1.31. The highest BCUT2D eigenvalue weighted by atomic mass is 16.5. The van der Waals surface area contributed by atoms with E-state index in [0.717, 1.165) is 42.8 Å². The first-order valence-electron chi connectivity index (χ1n) is 12.5. The highest BCUT2D eigenvalue weighted by Crippen LogP contribution is 2.27. The summed E-state index contributed by atoms with van der Waals surface area (Å²) in [4.78, 5) is 34.0. The number of ether oxygens (including phenoxy) is 1. The Bertz CT molecular complexity index is 1180. The molecule has 0 atom stereocenters. The summed E-state index contributed by atoms with van der Waals surface area (Å²) in [5.41, 5.74) is 4.36. The molecule has 8 nitrogen and oxygen atoms in total. The molecule has 1 aliphatic carbocycles. The number of rotatable bonds is 5. The maximum atomic E-state index is 13.6. The van der Waals surface area contributed by atoms with Gasteiger partial charge in [-0.3, -0.25) is 4.79 Å². The van der Waals surface area contributed by atoms with Crippen LogP contribution in [0.3, 0.4) is 0 Å². The number of carbonyl (C=O) groups excluding carboxylic acids is 2. The Hall–Kier alpha value is -3.68. The molecule has 0 radical (unpaired) electrons. The third kappa shape index (κ3) is 4.78. The summed E-state index contributed by atoms with van der Waals surface area (Å²) < 4.78 is 7.01. The van der Waals surface area contributed by atoms with Crippen LogP contribution in [0.4, 0.5) is 5.82 Å². The van der Waals surface area contributed by atoms with Crippen LogP contribution in [0.1, 0.15) is 58.3 Å². The first kappa shape index (κ1) is 23.1. The first-order chi connectivity index (χ1) is 17.2. The van der Waals surface area contributed by atoms with Gasteiger partial charge in [-0.2, -0.15) is 5.10 Å². The number of para-hydroxylation sites is 1. The third-order valence-corrected chi connectivity index (χ3v) is 6.78. The average Bonchev–Trinajstić information content (AvgIpc) is 3.09. The van der Waals surface area contributed by atoms with Crippen LogP contribution in [0.5, 0.6) is 0 Å². The van der Waals surface area contributed by atoms with Crippen LogP contribution in [0.2, 0.25) is 0 Å². The predicted molar refractivity (Wildman–Crippen MR) is 133 cm³/mol. The van der Waals surface area contributed by atoms with Crippen molar-refractivity contribution in [1.82, 2.24) is 19.7 Å². The highest BCUT2D eigenvalue weighted by Gasteiger charge is 2.30. The molecule has 0 spiro atoms. The molecule has 182 valence electrons. The number of benzene rings is 1. The molecule has 35 heavy (non-hydrogen) atoms. The fourth-order valence-corrected chi connectivity index (χ4v) is 4.93. The minimum Gasteiger partial charge on any atom is -0.462 e. The standard InChI is InChI=1S/C27H31N5O3/c1-2-35-27(34)20-13-14-24(28-19-20)30-15-17-31(18-16-30)26(33)25-22-11-7-4-8-12-23(22)32(29-25)21-9-5-3-6-10-21/h3,5-6,9-10,13-14,19H,2,4,7-8,11-12,15-18H2,1H3. The van der Waals surface area contributed by atoms with Gasteiger partial charge in [-0.1, -0.05) is 24.6 Å². The van der Waals surface area contributed by atoms with Gasteiger partial charge in [0.25, 0.3) is 5.91 Å². The van der Waals surface area contributed by atoms with Gasteiger partial charge in [-0.15, -0.1) is 0 Å². The van der Waals surface area contributed by atoms with Crippen molar-refractivity contribution in [2.45, 2.75) is 39.0 Å². The van der Waals surface area contributed by atoms with Crippen LogP contribution in [0.25, 0.3) is 5.69 Å². The van der Waals surface area contributed by atoms with Crippen LogP contribution in [-0.2, 0) is 17.6 Å². The second-order valence-electron chi connectivity index (χ2n) is 8.99. The monoisotopic (exact) mass is 473 g/mol. The SMILES string of the molecule is CCOC(=O)c1ccc(N2CCN(C(=O)c3nn(-c4ccccc4)c4c3CCCCC4)CC2)nc1. The zero-order valence-electron chi connectivity index (χ0n) is 20.2. The van der Waals surface area contributed by atoms with Gasteiger partial charge in [0, 0.05) is 43.6 Å². The van der Waals surface area contributed by atoms with E-state index in [2.05, 4.69) is 9.88 Å². The van der Waals surface area contributed by atoms with E-state index in [0.29, 0.717) is 44.0 Å². The number of hydrogen-bond acceptors (Lipinski definition) is 6. The van der Waals surface area contributed by atoms with Gasteiger partial charge in [0.05, 0.1) is 17.9 Å². The minimum absolute atomic E-state index is 0.0168. The molecule has 3 aromatic rings. The van der Waals surface area contributed by atoms with Crippen molar-refractivity contribution in [3.63, 3.8) is 0 Å². The van der Waals surface area contributed by atoms with E-state index < -0.39 is 0 Å². The molecular formula is C27H31N5O3. The molecule has 0 unspecified atom stereocenters. The van der Waals surface area contributed by atoms with E-state index in [1.165, 1.54) is 12.1 Å². The molecule has 3 heterocycles. The second kappa shape index (κ2) is 10.3. The number of aromatic nitrogens is 3. The lowest BCUT2D eigenvalue weighted by Gasteiger charge is -2.35. The minimum atomic E-state index is -0.365. The Labute approximate surface area is 205 Å². The molecule has 0 bridgehead atoms. The number of carbonyl (C=O) groups is 2. The van der Waals surface area contributed by atoms with Crippen molar-refractivity contribution in [1.29, 1.82) is 0 Å². The molecule has 1 aliphatic heterocycles. The van der Waals surface area contributed by atoms with E-state index >= 15 is 0 Å². The number of piperazine rings is 1. The number of fused-ring (bicyclic) bond motifs is 1. The lowest BCUT2D eigenvalue weighted by Crippen LogP contribution is -2.49. The van der Waals surface area contributed by atoms with Crippen molar-refractivity contribution in [3.8, 4) is 5.69 Å². The van der Waals surface area contributed by atoms with Crippen molar-refractivity contribution >= 4 is 17.7 Å². The first-order valence-corrected chi connectivity index (χ1v) is 12.5. The molecule has 2 aromatic heterocycles. The van der Waals surface area contributed by atoms with E-state index in [-0.39, 0.29) is 11.9 Å². The zero-order chi connectivity index (χ0) is 24.2. The lowest BCUT2D eigenvalue weighted by atomic mass is 10.1. The van der Waals surface area contributed by atoms with Crippen molar-refractivity contribution < 1.29 is 14.3 Å². The predicted octanol–water partition coefficient (Wildman–Crippen LogP) is 3.68. The molecule has 1 fully saturated rings. The Morgan fingerprint density at radius 2 is 1.71 bits per heavy atom. The largest absolute Gasteiger partial charge is 0.462 e. The van der Waals surface area contributed by atoms with Gasteiger partial charge in [0.1, 0.15) is 5.82 Å². The number of anilines is 1. The van der Waals surface area contributed by atoms with Crippen LogP contribution >= 0.6 is 0 Å². The number of nitrogens with zero attached hydrogens (tertiary/aromatic N) is 5. The summed E-state index contributed by atoms with van der Waals surface area (Å²) in [7, 11) is 0. The van der Waals surface area contributed by atoms with Gasteiger partial charge in [-0.05, 0) is 56.9 Å². The quantitative estimate of drug-likeness (QED) is 0.416. The van der Waals surface area contributed by atoms with E-state index in [4.69, 9.17) is 9.84 Å². The van der Waals surface area contributed by atoms with Crippen LogP contribution < -0.4 is 4.90 Å². The summed E-state index contributed by atoms with van der Waals surface area (Å²) in [6.07, 6.45) is 6.80. The zero-order valence-corrected chi connectivity index (χ0v) is 20.2. The summed E-state index contributed by atoms with van der Waals surface area (Å²) >= 11 is 0. The second-order valence-corrected chi connectivity index (χ2v) is 8.99. The van der Waals surface area contributed by atoms with Crippen molar-refractivity contribution in [2.24, 2.45) is 0 Å². The maximum absolute atomic E-state index is 13.6. The molecular weight excluding hydrogens is 442 g/mol. The van der Waals surface area contributed by atoms with Gasteiger partial charge in [-0.25, -0.2) is 14.5 Å². The highest BCUT2D eigenvalue weighted by molar-refractivity contribution is 5.94. The fourth-order valence-electron chi connectivity index (χ4n) is 4.93. The van der Waals surface area contributed by atoms with E-state index in [1.54, 1.807) is 19.2 Å². The van der Waals surface area contributed by atoms with E-state index in [9.17, 15) is 9.59 Å². The number of esters is 1. The molecule has 1 aromatic carbocycles. The summed E-state index contributed by atoms with van der Waals surface area (Å²) in [5.74, 6) is 0.450. The van der Waals surface area contributed by atoms with Crippen molar-refractivity contribution in [3.05, 3.63) is 71.2 Å². The molecule has 1 amide bonds. The smallest absolute Gasteiger partial charge is 0.339 e. The third-order valence-electron chi connectivity index (χ3n) is 6.78. The normalized spacial score (nSPS) is 15.9. The van der Waals surface area contributed by atoms with Crippen LogP contribution in [0, 0.1) is 0 Å². The van der Waals surface area contributed by atoms with Crippen LogP contribution in [0.15, 0.2) is 48.7 Å². The summed E-state index contributed by atoms with van der Waals surface area (Å²) in [6.45, 7) is 4.69. The average molecular weight is 474 g/mol. The topological polar surface area (TPSA) is 80.6 Å². The molecule has 0 saturated carbocycles. The molecule has 0 N–H and O–H groups in total. The molecule has 8 heteroatoms. The summed E-state index contributed by atoms with van der Waals surface area (Å²) in [6, 6.07) is 13.7. The number of pyridine rings is 1. The van der Waals surface area contributed by atoms with Gasteiger partial charge >= 0.3 is 5.97 Å². The molecule has 1 saturated heterocycles. The van der Waals surface area contributed by atoms with Gasteiger partial charge < -0.3 is 14.5 Å². The van der Waals surface area contributed by atoms with Crippen LogP contribution in [-0.4, -0.2) is 64.3 Å². The van der Waals surface area contributed by atoms with E-state index in [1.807, 2.05) is 46.0 Å². The number of amides is 1. The lowest BCUT2D eigenvalue weighted by molar-refractivity contribution is 0.0525. The Morgan fingerprint density at radius 1 is 0.943 bits per heavy atom. The maximum Gasteiger partial charge on any atom is 0.339 e. The fraction of sp³-hybridized carbons (Fsp3) is 0.407. The van der Waals surface area contributed by atoms with Crippen molar-refractivity contribution in [2.75, 3.05) is 37.7 Å². The Morgan fingerprint density at radius 3 is 2.43 bits per heavy atom. The van der Waals surface area contributed by atoms with Gasteiger partial charge in [0.15, 0.2) is 5.69 Å². The Kier molecular flexibility index (Phi) is 6.79.